The number of aliphatic imine (C=N–C) groups is 1. The van der Waals surface area contributed by atoms with Gasteiger partial charge in [0.2, 0.25) is 0 Å². The van der Waals surface area contributed by atoms with Crippen molar-refractivity contribution in [3.8, 4) is 5.75 Å². The van der Waals surface area contributed by atoms with Crippen LogP contribution in [-0.2, 0) is 12.6 Å². The van der Waals surface area contributed by atoms with Crippen LogP contribution in [0.25, 0.3) is 0 Å². The van der Waals surface area contributed by atoms with Gasteiger partial charge >= 0.3 is 0 Å². The van der Waals surface area contributed by atoms with E-state index in [2.05, 4.69) is 32.3 Å². The first-order valence-corrected chi connectivity index (χ1v) is 11.5. The van der Waals surface area contributed by atoms with Gasteiger partial charge in [0.25, 0.3) is 5.91 Å². The number of halogens is 1. The number of nitrogens with one attached hydrogen (secondary N) is 1. The van der Waals surface area contributed by atoms with Crippen LogP contribution in [0.2, 0.25) is 0 Å². The highest BCUT2D eigenvalue weighted by Crippen LogP contribution is 2.54. The normalized spacial score (nSPS) is 30.3. The van der Waals surface area contributed by atoms with E-state index in [-0.39, 0.29) is 24.0 Å². The van der Waals surface area contributed by atoms with Gasteiger partial charge in [-0.25, -0.2) is 9.98 Å². The van der Waals surface area contributed by atoms with Gasteiger partial charge in [0, 0.05) is 34.8 Å². The van der Waals surface area contributed by atoms with Crippen molar-refractivity contribution in [3.63, 3.8) is 0 Å². The van der Waals surface area contributed by atoms with Gasteiger partial charge in [-0.1, -0.05) is 27.7 Å². The molecule has 152 valence electrons. The Morgan fingerprint density at radius 2 is 2.31 bits per heavy atom. The minimum atomic E-state index is -0.410. The number of nitrogens with two attached hydrogens (primary N) is 1. The van der Waals surface area contributed by atoms with E-state index in [9.17, 15) is 4.79 Å². The summed E-state index contributed by atoms with van der Waals surface area (Å²) in [5, 5.41) is 3.82. The molecule has 3 heterocycles. The molecule has 3 N–H and O–H groups in total. The Bertz CT molecular complexity index is 1010. The molecule has 2 aromatic rings. The van der Waals surface area contributed by atoms with E-state index in [1.165, 1.54) is 0 Å². The number of nitrogens with zero attached hydrogens (tertiary/aromatic N) is 3. The zero-order valence-corrected chi connectivity index (χ0v) is 18.4. The lowest BCUT2D eigenvalue weighted by Gasteiger charge is -2.48. The van der Waals surface area contributed by atoms with Crippen molar-refractivity contribution in [2.45, 2.75) is 36.9 Å². The highest BCUT2D eigenvalue weighted by atomic mass is 79.9. The monoisotopic (exact) mass is 475 g/mol. The molecule has 0 saturated heterocycles. The Morgan fingerprint density at radius 1 is 1.45 bits per heavy atom. The number of carbonyl (C=O) groups is 1. The summed E-state index contributed by atoms with van der Waals surface area (Å²) in [5.74, 6) is 1.76. The number of aryl methyl sites for hydroxylation is 1. The van der Waals surface area contributed by atoms with Crippen LogP contribution in [0.4, 0.5) is 0 Å². The molecule has 4 atom stereocenters. The van der Waals surface area contributed by atoms with Crippen LogP contribution in [0.1, 0.15) is 35.3 Å². The molecular formula is C20H22BrN5O2S. The van der Waals surface area contributed by atoms with Crippen molar-refractivity contribution in [2.24, 2.45) is 23.7 Å². The first-order valence-electron chi connectivity index (χ1n) is 9.68. The molecule has 1 aromatic carbocycles. The van der Waals surface area contributed by atoms with E-state index in [1.54, 1.807) is 28.9 Å². The Kier molecular flexibility index (Phi) is 4.62. The highest BCUT2D eigenvalue weighted by molar-refractivity contribution is 9.10. The summed E-state index contributed by atoms with van der Waals surface area (Å²) in [4.78, 5) is 21.7. The summed E-state index contributed by atoms with van der Waals surface area (Å²) < 4.78 is 9.13. The standard InChI is InChI=1S/C20H22BrN5O2S/c1-26-10-23-8-15(26)18(27)24-12-3-5-17-14(7-12)20(9-29-19(22)25-20)13-6-11(21)2-4-16(13)28-17/h2,4,6,8,10,12,14,17H,3,5,7,9H2,1H3,(H2,22,25)(H,24,27). The fourth-order valence-electron chi connectivity index (χ4n) is 4.83. The minimum Gasteiger partial charge on any atom is -0.490 e. The van der Waals surface area contributed by atoms with E-state index < -0.39 is 5.54 Å². The lowest BCUT2D eigenvalue weighted by molar-refractivity contribution is 0.0155. The van der Waals surface area contributed by atoms with Crippen LogP contribution in [0.3, 0.4) is 0 Å². The average Bonchev–Trinajstić information content (AvgIpc) is 3.30. The molecule has 7 nitrogen and oxygen atoms in total. The fourth-order valence-corrected chi connectivity index (χ4v) is 6.22. The van der Waals surface area contributed by atoms with Crippen LogP contribution in [-0.4, -0.2) is 38.5 Å². The molecular weight excluding hydrogens is 454 g/mol. The fraction of sp³-hybridized carbons (Fsp3) is 0.450. The van der Waals surface area contributed by atoms with Gasteiger partial charge in [0.05, 0.1) is 12.5 Å². The van der Waals surface area contributed by atoms with Crippen molar-refractivity contribution >= 4 is 38.8 Å². The summed E-state index contributed by atoms with van der Waals surface area (Å²) in [6.45, 7) is 0. The minimum absolute atomic E-state index is 0.0647. The second-order valence-corrected chi connectivity index (χ2v) is 9.85. The first kappa shape index (κ1) is 19.0. The van der Waals surface area contributed by atoms with Crippen LogP contribution < -0.4 is 15.8 Å². The second kappa shape index (κ2) is 7.05. The summed E-state index contributed by atoms with van der Waals surface area (Å²) in [6, 6.07) is 6.19. The largest absolute Gasteiger partial charge is 0.490 e. The third kappa shape index (κ3) is 3.15. The van der Waals surface area contributed by atoms with Crippen LogP contribution in [0.15, 0.2) is 40.2 Å². The van der Waals surface area contributed by atoms with Gasteiger partial charge in [-0.15, -0.1) is 0 Å². The molecule has 9 heteroatoms. The molecule has 1 spiro atoms. The van der Waals surface area contributed by atoms with Crippen molar-refractivity contribution in [2.75, 3.05) is 5.75 Å². The first-order chi connectivity index (χ1) is 14.0. The lowest BCUT2D eigenvalue weighted by Crippen LogP contribution is -2.54. The molecule has 1 amide bonds. The molecule has 29 heavy (non-hydrogen) atoms. The third-order valence-corrected chi connectivity index (χ3v) is 7.69. The zero-order chi connectivity index (χ0) is 20.2. The highest BCUT2D eigenvalue weighted by Gasteiger charge is 2.54. The van der Waals surface area contributed by atoms with Crippen LogP contribution in [0, 0.1) is 5.92 Å². The number of imidazole rings is 1. The Morgan fingerprint density at radius 3 is 3.03 bits per heavy atom. The van der Waals surface area contributed by atoms with Crippen molar-refractivity contribution in [3.05, 3.63) is 46.5 Å². The predicted molar refractivity (Wildman–Crippen MR) is 116 cm³/mol. The van der Waals surface area contributed by atoms with E-state index in [0.29, 0.717) is 10.9 Å². The van der Waals surface area contributed by atoms with Gasteiger partial charge in [-0.05, 0) is 37.5 Å². The van der Waals surface area contributed by atoms with E-state index >= 15 is 0 Å². The van der Waals surface area contributed by atoms with E-state index in [0.717, 1.165) is 40.8 Å². The van der Waals surface area contributed by atoms with Crippen LogP contribution in [0.5, 0.6) is 5.75 Å². The quantitative estimate of drug-likeness (QED) is 0.696. The number of fused-ring (bicyclic) bond motifs is 4. The average molecular weight is 476 g/mol. The second-order valence-electron chi connectivity index (χ2n) is 7.94. The zero-order valence-electron chi connectivity index (χ0n) is 16.0. The molecule has 2 aliphatic heterocycles. The van der Waals surface area contributed by atoms with Gasteiger partial charge in [0.1, 0.15) is 23.1 Å². The summed E-state index contributed by atoms with van der Waals surface area (Å²) >= 11 is 5.19. The number of carbonyl (C=O) groups excluding carboxylic acids is 1. The van der Waals surface area contributed by atoms with E-state index in [4.69, 9.17) is 15.5 Å². The number of aromatic nitrogens is 2. The Balaban J connectivity index is 1.45. The molecule has 1 aromatic heterocycles. The van der Waals surface area contributed by atoms with Crippen molar-refractivity contribution in [1.82, 2.24) is 14.9 Å². The van der Waals surface area contributed by atoms with Crippen LogP contribution >= 0.6 is 27.7 Å². The molecule has 1 saturated carbocycles. The predicted octanol–water partition coefficient (Wildman–Crippen LogP) is 2.80. The van der Waals surface area contributed by atoms with Gasteiger partial charge < -0.3 is 20.4 Å². The molecule has 0 radical (unpaired) electrons. The SMILES string of the molecule is Cn1cncc1C(=O)NC1CCC2Oc3ccc(Br)cc3C3(CSC(N)=N3)C2C1. The maximum atomic E-state index is 12.7. The number of amides is 1. The maximum Gasteiger partial charge on any atom is 0.269 e. The molecule has 5 rings (SSSR count). The number of rotatable bonds is 2. The van der Waals surface area contributed by atoms with Crippen molar-refractivity contribution < 1.29 is 9.53 Å². The third-order valence-electron chi connectivity index (χ3n) is 6.22. The summed E-state index contributed by atoms with van der Waals surface area (Å²) in [5.41, 5.74) is 7.37. The number of amidine groups is 1. The summed E-state index contributed by atoms with van der Waals surface area (Å²) in [7, 11) is 1.82. The maximum absolute atomic E-state index is 12.7. The summed E-state index contributed by atoms with van der Waals surface area (Å²) in [6.07, 6.45) is 5.86. The molecule has 1 fully saturated rings. The van der Waals surface area contributed by atoms with Gasteiger partial charge in [0.15, 0.2) is 5.17 Å². The van der Waals surface area contributed by atoms with Crippen molar-refractivity contribution in [1.29, 1.82) is 0 Å². The Hall–Kier alpha value is -2.00. The smallest absolute Gasteiger partial charge is 0.269 e. The number of hydrogen-bond donors (Lipinski definition) is 2. The van der Waals surface area contributed by atoms with Gasteiger partial charge in [-0.2, -0.15) is 0 Å². The van der Waals surface area contributed by atoms with E-state index in [1.807, 2.05) is 19.2 Å². The molecule has 1 aliphatic carbocycles. The number of ether oxygens (including phenoxy) is 1. The molecule has 0 bridgehead atoms. The Labute approximate surface area is 181 Å². The molecule has 3 aliphatic rings. The number of thioether (sulfide) groups is 1. The number of benzene rings is 1. The molecule has 4 unspecified atom stereocenters. The number of hydrogen-bond acceptors (Lipinski definition) is 6. The topological polar surface area (TPSA) is 94.5 Å². The van der Waals surface area contributed by atoms with Gasteiger partial charge in [-0.3, -0.25) is 4.79 Å². The lowest BCUT2D eigenvalue weighted by atomic mass is 9.67.